The first-order valence-electron chi connectivity index (χ1n) is 6.45. The van der Waals surface area contributed by atoms with Crippen LogP contribution >= 0.6 is 11.6 Å². The predicted molar refractivity (Wildman–Crippen MR) is 77.8 cm³/mol. The van der Waals surface area contributed by atoms with Crippen molar-refractivity contribution in [2.75, 3.05) is 0 Å². The van der Waals surface area contributed by atoms with Crippen molar-refractivity contribution in [3.8, 4) is 0 Å². The summed E-state index contributed by atoms with van der Waals surface area (Å²) in [6.45, 7) is 4.68. The molecule has 0 saturated carbocycles. The van der Waals surface area contributed by atoms with Gasteiger partial charge in [0.2, 0.25) is 0 Å². The summed E-state index contributed by atoms with van der Waals surface area (Å²) < 4.78 is 5.80. The molecule has 106 valence electrons. The summed E-state index contributed by atoms with van der Waals surface area (Å²) in [5, 5.41) is 8.81. The zero-order valence-corrected chi connectivity index (χ0v) is 12.8. The summed E-state index contributed by atoms with van der Waals surface area (Å²) in [6, 6.07) is 0. The molecule has 0 aromatic carbocycles. The van der Waals surface area contributed by atoms with Crippen LogP contribution in [0.5, 0.6) is 0 Å². The van der Waals surface area contributed by atoms with E-state index in [0.29, 0.717) is 12.4 Å². The van der Waals surface area contributed by atoms with E-state index in [1.807, 2.05) is 43.5 Å². The summed E-state index contributed by atoms with van der Waals surface area (Å²) in [4.78, 5) is 4.60. The first-order valence-corrected chi connectivity index (χ1v) is 6.98. The van der Waals surface area contributed by atoms with Crippen LogP contribution in [0.25, 0.3) is 11.2 Å². The Morgan fingerprint density at radius 2 is 1.90 bits per heavy atom. The van der Waals surface area contributed by atoms with Crippen LogP contribution < -0.4 is 0 Å². The number of fused-ring (bicyclic) bond motifs is 1. The SMILES string of the molecule is Cc1nn(C)cc1Cn1c(CCl)nc2c(C)nn(C)c21. The van der Waals surface area contributed by atoms with Crippen molar-refractivity contribution in [1.29, 1.82) is 0 Å². The summed E-state index contributed by atoms with van der Waals surface area (Å²) in [7, 11) is 3.86. The quantitative estimate of drug-likeness (QED) is 0.693. The molecule has 0 saturated heterocycles. The molecule has 7 heteroatoms. The Morgan fingerprint density at radius 3 is 2.50 bits per heavy atom. The molecule has 0 unspecified atom stereocenters. The zero-order chi connectivity index (χ0) is 14.4. The molecule has 3 heterocycles. The molecular formula is C13H17ClN6. The molecule has 3 aromatic rings. The molecular weight excluding hydrogens is 276 g/mol. The number of imidazole rings is 1. The Labute approximate surface area is 122 Å². The second-order valence-corrected chi connectivity index (χ2v) is 5.31. The zero-order valence-electron chi connectivity index (χ0n) is 12.1. The first kappa shape index (κ1) is 13.2. The lowest BCUT2D eigenvalue weighted by atomic mass is 10.2. The van der Waals surface area contributed by atoms with E-state index in [0.717, 1.165) is 33.9 Å². The van der Waals surface area contributed by atoms with Crippen molar-refractivity contribution in [3.05, 3.63) is 29.0 Å². The summed E-state index contributed by atoms with van der Waals surface area (Å²) in [5.74, 6) is 1.24. The molecule has 0 spiro atoms. The van der Waals surface area contributed by atoms with E-state index >= 15 is 0 Å². The predicted octanol–water partition coefficient (Wildman–Crippen LogP) is 1.91. The molecule has 0 fully saturated rings. The van der Waals surface area contributed by atoms with E-state index in [9.17, 15) is 0 Å². The maximum absolute atomic E-state index is 6.04. The Kier molecular flexibility index (Phi) is 3.05. The van der Waals surface area contributed by atoms with Gasteiger partial charge in [-0.05, 0) is 13.8 Å². The number of nitrogens with zero attached hydrogens (tertiary/aromatic N) is 6. The third-order valence-electron chi connectivity index (χ3n) is 3.53. The van der Waals surface area contributed by atoms with Crippen molar-refractivity contribution in [1.82, 2.24) is 29.1 Å². The van der Waals surface area contributed by atoms with E-state index in [1.54, 1.807) is 0 Å². The largest absolute Gasteiger partial charge is 0.307 e. The van der Waals surface area contributed by atoms with Crippen LogP contribution in [0.2, 0.25) is 0 Å². The van der Waals surface area contributed by atoms with Crippen molar-refractivity contribution >= 4 is 22.8 Å². The van der Waals surface area contributed by atoms with E-state index in [2.05, 4.69) is 19.7 Å². The average Bonchev–Trinajstić information content (AvgIpc) is 2.98. The van der Waals surface area contributed by atoms with Crippen LogP contribution in [0.4, 0.5) is 0 Å². The number of aromatic nitrogens is 6. The lowest BCUT2D eigenvalue weighted by Crippen LogP contribution is -2.08. The highest BCUT2D eigenvalue weighted by Crippen LogP contribution is 2.22. The van der Waals surface area contributed by atoms with Gasteiger partial charge in [0, 0.05) is 25.9 Å². The minimum atomic E-state index is 0.382. The fourth-order valence-electron chi connectivity index (χ4n) is 2.62. The van der Waals surface area contributed by atoms with Crippen molar-refractivity contribution < 1.29 is 0 Å². The topological polar surface area (TPSA) is 53.5 Å². The molecule has 3 aromatic heterocycles. The van der Waals surface area contributed by atoms with Crippen LogP contribution in [0.15, 0.2) is 6.20 Å². The minimum absolute atomic E-state index is 0.382. The highest BCUT2D eigenvalue weighted by molar-refractivity contribution is 6.16. The summed E-state index contributed by atoms with van der Waals surface area (Å²) in [6.07, 6.45) is 2.03. The number of rotatable bonds is 3. The van der Waals surface area contributed by atoms with Gasteiger partial charge in [-0.15, -0.1) is 11.6 Å². The smallest absolute Gasteiger partial charge is 0.159 e. The number of hydrogen-bond donors (Lipinski definition) is 0. The van der Waals surface area contributed by atoms with E-state index in [4.69, 9.17) is 11.6 Å². The second-order valence-electron chi connectivity index (χ2n) is 5.04. The molecule has 0 aliphatic heterocycles. The molecule has 0 atom stereocenters. The molecule has 0 radical (unpaired) electrons. The van der Waals surface area contributed by atoms with Gasteiger partial charge in [-0.1, -0.05) is 0 Å². The number of hydrogen-bond acceptors (Lipinski definition) is 3. The second kappa shape index (κ2) is 4.63. The molecule has 0 amide bonds. The monoisotopic (exact) mass is 292 g/mol. The Bertz CT molecular complexity index is 779. The van der Waals surface area contributed by atoms with Crippen molar-refractivity contribution in [2.24, 2.45) is 14.1 Å². The van der Waals surface area contributed by atoms with Gasteiger partial charge in [0.25, 0.3) is 0 Å². The van der Waals surface area contributed by atoms with Crippen LogP contribution in [0.3, 0.4) is 0 Å². The lowest BCUT2D eigenvalue weighted by Gasteiger charge is -2.07. The number of halogens is 1. The van der Waals surface area contributed by atoms with Gasteiger partial charge < -0.3 is 4.57 Å². The molecule has 3 rings (SSSR count). The molecule has 20 heavy (non-hydrogen) atoms. The Morgan fingerprint density at radius 1 is 1.15 bits per heavy atom. The summed E-state index contributed by atoms with van der Waals surface area (Å²) >= 11 is 6.04. The van der Waals surface area contributed by atoms with Crippen LogP contribution in [0, 0.1) is 13.8 Å². The number of alkyl halides is 1. The minimum Gasteiger partial charge on any atom is -0.307 e. The van der Waals surface area contributed by atoms with Gasteiger partial charge >= 0.3 is 0 Å². The van der Waals surface area contributed by atoms with E-state index in [-0.39, 0.29) is 0 Å². The highest BCUT2D eigenvalue weighted by atomic mass is 35.5. The fraction of sp³-hybridized carbons (Fsp3) is 0.462. The third kappa shape index (κ3) is 1.91. The van der Waals surface area contributed by atoms with Gasteiger partial charge in [0.15, 0.2) is 5.65 Å². The van der Waals surface area contributed by atoms with Crippen LogP contribution in [-0.4, -0.2) is 29.1 Å². The van der Waals surface area contributed by atoms with Crippen molar-refractivity contribution in [3.63, 3.8) is 0 Å². The van der Waals surface area contributed by atoms with E-state index in [1.165, 1.54) is 0 Å². The third-order valence-corrected chi connectivity index (χ3v) is 3.77. The highest BCUT2D eigenvalue weighted by Gasteiger charge is 2.18. The maximum atomic E-state index is 6.04. The average molecular weight is 293 g/mol. The van der Waals surface area contributed by atoms with Crippen molar-refractivity contribution in [2.45, 2.75) is 26.3 Å². The van der Waals surface area contributed by atoms with Gasteiger partial charge in [-0.25, -0.2) is 4.98 Å². The fourth-order valence-corrected chi connectivity index (χ4v) is 2.83. The summed E-state index contributed by atoms with van der Waals surface area (Å²) in [5.41, 5.74) is 5.03. The lowest BCUT2D eigenvalue weighted by molar-refractivity contribution is 0.700. The van der Waals surface area contributed by atoms with Gasteiger partial charge in [0.1, 0.15) is 11.3 Å². The van der Waals surface area contributed by atoms with Crippen LogP contribution in [-0.2, 0) is 26.5 Å². The van der Waals surface area contributed by atoms with Gasteiger partial charge in [-0.2, -0.15) is 10.2 Å². The molecule has 0 bridgehead atoms. The van der Waals surface area contributed by atoms with Crippen LogP contribution in [0.1, 0.15) is 22.8 Å². The first-order chi connectivity index (χ1) is 9.51. The van der Waals surface area contributed by atoms with Gasteiger partial charge in [-0.3, -0.25) is 9.36 Å². The maximum Gasteiger partial charge on any atom is 0.159 e. The Balaban J connectivity index is 2.16. The molecule has 6 nitrogen and oxygen atoms in total. The molecule has 0 N–H and O–H groups in total. The Hall–Kier alpha value is -1.82. The standard InChI is InChI=1S/C13H17ClN6/c1-8-10(6-18(3)16-8)7-20-11(5-14)15-12-9(2)17-19(4)13(12)20/h6H,5,7H2,1-4H3. The number of aryl methyl sites for hydroxylation is 4. The molecule has 0 aliphatic carbocycles. The van der Waals surface area contributed by atoms with Gasteiger partial charge in [0.05, 0.1) is 23.8 Å². The van der Waals surface area contributed by atoms with E-state index < -0.39 is 0 Å². The normalized spacial score (nSPS) is 11.7. The molecule has 0 aliphatic rings.